The van der Waals surface area contributed by atoms with Crippen molar-refractivity contribution in [2.24, 2.45) is 0 Å². The third kappa shape index (κ3) is 10.4. The van der Waals surface area contributed by atoms with Crippen molar-refractivity contribution in [1.29, 1.82) is 0 Å². The number of hydrogen-bond donors (Lipinski definition) is 3. The molecule has 8 nitrogen and oxygen atoms in total. The van der Waals surface area contributed by atoms with Crippen LogP contribution >= 0.6 is 0 Å². The molecular formula is C12H20O8. The molecule has 2 atom stereocenters. The second-order valence-electron chi connectivity index (χ2n) is 4.25. The number of aliphatic carboxylic acids is 1. The fourth-order valence-corrected chi connectivity index (χ4v) is 1.42. The maximum atomic E-state index is 11.1. The average molecular weight is 292 g/mol. The lowest BCUT2D eigenvalue weighted by atomic mass is 10.1. The first-order chi connectivity index (χ1) is 9.35. The molecule has 0 radical (unpaired) electrons. The lowest BCUT2D eigenvalue weighted by Crippen LogP contribution is -2.26. The third-order valence-electron chi connectivity index (χ3n) is 2.30. The lowest BCUT2D eigenvalue weighted by molar-refractivity contribution is -0.158. The van der Waals surface area contributed by atoms with Crippen molar-refractivity contribution < 1.29 is 39.2 Å². The van der Waals surface area contributed by atoms with Crippen LogP contribution < -0.4 is 0 Å². The molecule has 3 N–H and O–H groups in total. The van der Waals surface area contributed by atoms with Gasteiger partial charge in [0.15, 0.2) is 0 Å². The molecule has 0 aromatic heterocycles. The number of hydrogen-bond acceptors (Lipinski definition) is 7. The minimum atomic E-state index is -1.08. The molecule has 8 heteroatoms. The Morgan fingerprint density at radius 3 is 2.40 bits per heavy atom. The number of carboxylic acid groups (broad SMARTS) is 1. The Hall–Kier alpha value is -1.51. The van der Waals surface area contributed by atoms with E-state index in [1.54, 1.807) is 0 Å². The summed E-state index contributed by atoms with van der Waals surface area (Å²) >= 11 is 0. The van der Waals surface area contributed by atoms with Crippen molar-refractivity contribution in [3.63, 3.8) is 0 Å². The summed E-state index contributed by atoms with van der Waals surface area (Å²) < 4.78 is 9.48. The molecule has 0 fully saturated rings. The molecule has 0 aromatic carbocycles. The van der Waals surface area contributed by atoms with Crippen LogP contribution in [0.15, 0.2) is 0 Å². The van der Waals surface area contributed by atoms with Gasteiger partial charge in [-0.05, 0) is 12.8 Å². The number of esters is 2. The largest absolute Gasteiger partial charge is 0.481 e. The van der Waals surface area contributed by atoms with E-state index in [2.05, 4.69) is 4.74 Å². The highest BCUT2D eigenvalue weighted by Crippen LogP contribution is 2.10. The van der Waals surface area contributed by atoms with Crippen LogP contribution in [0, 0.1) is 0 Å². The summed E-state index contributed by atoms with van der Waals surface area (Å²) in [5.74, 6) is -2.44. The predicted molar refractivity (Wildman–Crippen MR) is 65.7 cm³/mol. The first-order valence-electron chi connectivity index (χ1n) is 6.18. The van der Waals surface area contributed by atoms with Crippen LogP contribution in [0.5, 0.6) is 0 Å². The van der Waals surface area contributed by atoms with Gasteiger partial charge in [0.1, 0.15) is 6.10 Å². The summed E-state index contributed by atoms with van der Waals surface area (Å²) in [6.45, 7) is 0.446. The molecule has 0 saturated carbocycles. The van der Waals surface area contributed by atoms with E-state index in [1.165, 1.54) is 0 Å². The first kappa shape index (κ1) is 18.5. The van der Waals surface area contributed by atoms with Crippen molar-refractivity contribution in [1.82, 2.24) is 0 Å². The Morgan fingerprint density at radius 1 is 1.25 bits per heavy atom. The second-order valence-corrected chi connectivity index (χ2v) is 4.25. The second kappa shape index (κ2) is 10.3. The number of rotatable bonds is 10. The van der Waals surface area contributed by atoms with Crippen molar-refractivity contribution in [3.05, 3.63) is 0 Å². The summed E-state index contributed by atoms with van der Waals surface area (Å²) in [5.41, 5.74) is 0. The van der Waals surface area contributed by atoms with Gasteiger partial charge in [-0.1, -0.05) is 0 Å². The fourth-order valence-electron chi connectivity index (χ4n) is 1.42. The van der Waals surface area contributed by atoms with Gasteiger partial charge in [-0.2, -0.15) is 0 Å². The molecule has 116 valence electrons. The molecule has 0 aliphatic rings. The predicted octanol–water partition coefficient (Wildman–Crippen LogP) is -0.540. The molecule has 0 rings (SSSR count). The van der Waals surface area contributed by atoms with Gasteiger partial charge in [0.2, 0.25) is 0 Å². The lowest BCUT2D eigenvalue weighted by Gasteiger charge is -2.17. The Bertz CT molecular complexity index is 327. The standard InChI is InChI=1S/C12H20O8/c1-8(14)20-12(18)4-2-3-10(5-11(16)17)19-7-9(15)6-13/h9-10,13,15H,2-7H2,1H3,(H,16,17). The smallest absolute Gasteiger partial charge is 0.313 e. The monoisotopic (exact) mass is 292 g/mol. The average Bonchev–Trinajstić information content (AvgIpc) is 2.33. The Balaban J connectivity index is 4.06. The third-order valence-corrected chi connectivity index (χ3v) is 2.30. The van der Waals surface area contributed by atoms with E-state index < -0.39 is 36.7 Å². The number of carboxylic acids is 1. The van der Waals surface area contributed by atoms with E-state index in [1.807, 2.05) is 0 Å². The van der Waals surface area contributed by atoms with Gasteiger partial charge < -0.3 is 24.8 Å². The van der Waals surface area contributed by atoms with Crippen molar-refractivity contribution >= 4 is 17.9 Å². The molecule has 0 aromatic rings. The van der Waals surface area contributed by atoms with E-state index in [9.17, 15) is 14.4 Å². The van der Waals surface area contributed by atoms with Gasteiger partial charge >= 0.3 is 17.9 Å². The summed E-state index contributed by atoms with van der Waals surface area (Å²) in [7, 11) is 0. The molecular weight excluding hydrogens is 272 g/mol. The minimum absolute atomic E-state index is 0.0262. The molecule has 0 heterocycles. The highest BCUT2D eigenvalue weighted by molar-refractivity contribution is 5.83. The van der Waals surface area contributed by atoms with Crippen LogP contribution in [0.25, 0.3) is 0 Å². The molecule has 0 aliphatic heterocycles. The number of carbonyl (C=O) groups excluding carboxylic acids is 2. The van der Waals surface area contributed by atoms with Gasteiger partial charge in [0, 0.05) is 13.3 Å². The number of aliphatic hydroxyl groups excluding tert-OH is 2. The van der Waals surface area contributed by atoms with Gasteiger partial charge in [0.25, 0.3) is 0 Å². The van der Waals surface area contributed by atoms with Crippen LogP contribution in [-0.4, -0.2) is 58.6 Å². The molecule has 0 amide bonds. The Morgan fingerprint density at radius 2 is 1.90 bits per heavy atom. The summed E-state index contributed by atoms with van der Waals surface area (Å²) in [6.07, 6.45) is -1.51. The Kier molecular flexibility index (Phi) is 9.52. The molecule has 20 heavy (non-hydrogen) atoms. The van der Waals surface area contributed by atoms with Crippen LogP contribution in [0.1, 0.15) is 32.6 Å². The number of ether oxygens (including phenoxy) is 2. The zero-order chi connectivity index (χ0) is 15.5. The van der Waals surface area contributed by atoms with Gasteiger partial charge in [-0.3, -0.25) is 14.4 Å². The van der Waals surface area contributed by atoms with Crippen LogP contribution in [0.4, 0.5) is 0 Å². The van der Waals surface area contributed by atoms with Gasteiger partial charge in [-0.15, -0.1) is 0 Å². The quantitative estimate of drug-likeness (QED) is 0.361. The van der Waals surface area contributed by atoms with Crippen molar-refractivity contribution in [3.8, 4) is 0 Å². The normalized spacial score (nSPS) is 13.6. The fraction of sp³-hybridized carbons (Fsp3) is 0.750. The first-order valence-corrected chi connectivity index (χ1v) is 6.18. The van der Waals surface area contributed by atoms with Gasteiger partial charge in [-0.25, -0.2) is 0 Å². The zero-order valence-corrected chi connectivity index (χ0v) is 11.3. The SMILES string of the molecule is CC(=O)OC(=O)CCCC(CC(=O)O)OCC(O)CO. The summed E-state index contributed by atoms with van der Waals surface area (Å²) in [6, 6.07) is 0. The van der Waals surface area contributed by atoms with E-state index in [-0.39, 0.29) is 25.9 Å². The summed E-state index contributed by atoms with van der Waals surface area (Å²) in [4.78, 5) is 32.2. The van der Waals surface area contributed by atoms with Crippen molar-refractivity contribution in [2.75, 3.05) is 13.2 Å². The molecule has 0 saturated heterocycles. The maximum absolute atomic E-state index is 11.1. The number of aliphatic hydroxyl groups is 2. The van der Waals surface area contributed by atoms with E-state index >= 15 is 0 Å². The zero-order valence-electron chi connectivity index (χ0n) is 11.3. The molecule has 0 aliphatic carbocycles. The molecule has 2 unspecified atom stereocenters. The van der Waals surface area contributed by atoms with Gasteiger partial charge in [0.05, 0.1) is 25.7 Å². The summed E-state index contributed by atoms with van der Waals surface area (Å²) in [5, 5.41) is 26.4. The Labute approximate surface area is 116 Å². The maximum Gasteiger partial charge on any atom is 0.313 e. The van der Waals surface area contributed by atoms with E-state index in [4.69, 9.17) is 20.1 Å². The van der Waals surface area contributed by atoms with Crippen LogP contribution in [-0.2, 0) is 23.9 Å². The van der Waals surface area contributed by atoms with E-state index in [0.29, 0.717) is 6.42 Å². The van der Waals surface area contributed by atoms with Crippen molar-refractivity contribution in [2.45, 2.75) is 44.8 Å². The van der Waals surface area contributed by atoms with Crippen LogP contribution in [0.2, 0.25) is 0 Å². The highest BCUT2D eigenvalue weighted by atomic mass is 16.6. The topological polar surface area (TPSA) is 130 Å². The highest BCUT2D eigenvalue weighted by Gasteiger charge is 2.16. The van der Waals surface area contributed by atoms with E-state index in [0.717, 1.165) is 6.92 Å². The number of carbonyl (C=O) groups is 3. The van der Waals surface area contributed by atoms with Crippen LogP contribution in [0.3, 0.4) is 0 Å². The molecule has 0 bridgehead atoms. The minimum Gasteiger partial charge on any atom is -0.481 e. The molecule has 0 spiro atoms.